The molecule has 0 aromatic heterocycles. The van der Waals surface area contributed by atoms with Crippen molar-refractivity contribution in [3.05, 3.63) is 115 Å². The first-order chi connectivity index (χ1) is 16.8. The van der Waals surface area contributed by atoms with E-state index < -0.39 is 0 Å². The summed E-state index contributed by atoms with van der Waals surface area (Å²) in [5, 5.41) is 0. The van der Waals surface area contributed by atoms with E-state index in [1.807, 2.05) is 0 Å². The fraction of sp³-hybridized carbons (Fsp3) is 0.226. The highest BCUT2D eigenvalue weighted by molar-refractivity contribution is 9.10. The molecule has 1 fully saturated rings. The van der Waals surface area contributed by atoms with E-state index in [-0.39, 0.29) is 17.6 Å². The number of rotatable bonds is 2. The van der Waals surface area contributed by atoms with Crippen LogP contribution in [-0.4, -0.2) is 0 Å². The third-order valence-electron chi connectivity index (χ3n) is 8.01. The van der Waals surface area contributed by atoms with Gasteiger partial charge >= 0.3 is 0 Å². The smallest absolute Gasteiger partial charge is 0.114 e. The summed E-state index contributed by atoms with van der Waals surface area (Å²) in [6.07, 6.45) is 0.338. The van der Waals surface area contributed by atoms with E-state index in [0.717, 1.165) is 15.5 Å². The van der Waals surface area contributed by atoms with Gasteiger partial charge in [0.1, 0.15) is 12.2 Å². The third kappa shape index (κ3) is 3.16. The average Bonchev–Trinajstić information content (AvgIpc) is 3.65. The molecule has 3 aliphatic rings. The number of anilines is 2. The van der Waals surface area contributed by atoms with Crippen LogP contribution < -0.4 is 4.90 Å². The highest BCUT2D eigenvalue weighted by atomic mass is 79.9. The first-order valence-electron chi connectivity index (χ1n) is 12.1. The lowest BCUT2D eigenvalue weighted by Gasteiger charge is -2.42. The van der Waals surface area contributed by atoms with E-state index >= 15 is 0 Å². The molecule has 0 amide bonds. The van der Waals surface area contributed by atoms with Gasteiger partial charge < -0.3 is 9.64 Å². The predicted molar refractivity (Wildman–Crippen MR) is 149 cm³/mol. The Kier molecular flexibility index (Phi) is 4.71. The number of hydrogen-bond donors (Lipinski definition) is 0. The van der Waals surface area contributed by atoms with Crippen LogP contribution in [0.15, 0.2) is 81.7 Å². The Morgan fingerprint density at radius 3 is 1.94 bits per heavy atom. The summed E-state index contributed by atoms with van der Waals surface area (Å²) in [4.78, 5) is 2.48. The van der Waals surface area contributed by atoms with Gasteiger partial charge in [0.15, 0.2) is 0 Å². The van der Waals surface area contributed by atoms with Crippen molar-refractivity contribution >= 4 is 43.2 Å². The molecule has 174 valence electrons. The molecule has 0 N–H and O–H groups in total. The zero-order valence-electron chi connectivity index (χ0n) is 19.9. The third-order valence-corrected chi connectivity index (χ3v) is 9.60. The van der Waals surface area contributed by atoms with Crippen LogP contribution in [0.1, 0.15) is 59.4 Å². The number of nitrogens with zero attached hydrogens (tertiary/aromatic N) is 1. The average molecular weight is 587 g/mol. The Hall–Kier alpha value is -2.40. The number of para-hydroxylation sites is 2. The lowest BCUT2D eigenvalue weighted by atomic mass is 9.73. The van der Waals surface area contributed by atoms with Gasteiger partial charge in [0.25, 0.3) is 0 Å². The Balaban J connectivity index is 1.38. The second kappa shape index (κ2) is 7.55. The minimum absolute atomic E-state index is 0.0427. The molecular weight excluding hydrogens is 562 g/mol. The first-order valence-corrected chi connectivity index (χ1v) is 13.7. The lowest BCUT2D eigenvalue weighted by molar-refractivity contribution is 0.380. The summed E-state index contributed by atoms with van der Waals surface area (Å²) in [6, 6.07) is 26.9. The maximum atomic E-state index is 6.13. The van der Waals surface area contributed by atoms with Gasteiger partial charge in [-0.15, -0.1) is 0 Å². The quantitative estimate of drug-likeness (QED) is 0.217. The van der Waals surface area contributed by atoms with Crippen molar-refractivity contribution in [1.82, 2.24) is 0 Å². The minimum Gasteiger partial charge on any atom is -0.359 e. The molecule has 2 aliphatic heterocycles. The molecule has 0 radical (unpaired) electrons. The number of ether oxygens (including phenoxy) is 1. The molecule has 1 saturated heterocycles. The van der Waals surface area contributed by atoms with Crippen molar-refractivity contribution in [3.63, 3.8) is 0 Å². The Bertz CT molecular complexity index is 1490. The van der Waals surface area contributed by atoms with Gasteiger partial charge in [-0.2, -0.15) is 0 Å². The van der Waals surface area contributed by atoms with E-state index in [9.17, 15) is 0 Å². The summed E-state index contributed by atoms with van der Waals surface area (Å²) >= 11 is 7.65. The van der Waals surface area contributed by atoms with E-state index in [0.29, 0.717) is 0 Å². The topological polar surface area (TPSA) is 15.8 Å². The van der Waals surface area contributed by atoms with Gasteiger partial charge in [0.2, 0.25) is 0 Å². The first kappa shape index (κ1) is 21.8. The van der Waals surface area contributed by atoms with Crippen LogP contribution in [0.3, 0.4) is 0 Å². The summed E-state index contributed by atoms with van der Waals surface area (Å²) in [5.74, 6) is 0. The van der Waals surface area contributed by atoms with Gasteiger partial charge in [-0.05, 0) is 87.8 Å². The maximum Gasteiger partial charge on any atom is 0.114 e. The van der Waals surface area contributed by atoms with Crippen LogP contribution >= 0.6 is 31.9 Å². The van der Waals surface area contributed by atoms with Crippen LogP contribution in [0, 0.1) is 6.92 Å². The summed E-state index contributed by atoms with van der Waals surface area (Å²) in [5.41, 5.74) is 13.0. The molecule has 35 heavy (non-hydrogen) atoms. The lowest BCUT2D eigenvalue weighted by Crippen LogP contribution is -2.32. The second-order valence-electron chi connectivity index (χ2n) is 10.4. The minimum atomic E-state index is -0.0427. The number of hydrogen-bond acceptors (Lipinski definition) is 2. The number of benzene rings is 4. The molecule has 2 unspecified atom stereocenters. The summed E-state index contributed by atoms with van der Waals surface area (Å²) in [7, 11) is 0. The van der Waals surface area contributed by atoms with Crippen LogP contribution in [0.25, 0.3) is 11.1 Å². The maximum absolute atomic E-state index is 6.13. The van der Waals surface area contributed by atoms with Gasteiger partial charge in [-0.1, -0.05) is 82.1 Å². The molecule has 4 aromatic rings. The van der Waals surface area contributed by atoms with Crippen molar-refractivity contribution in [2.75, 3.05) is 4.90 Å². The number of halogens is 2. The second-order valence-corrected chi connectivity index (χ2v) is 12.2. The van der Waals surface area contributed by atoms with Crippen LogP contribution in [0.5, 0.6) is 0 Å². The predicted octanol–water partition coefficient (Wildman–Crippen LogP) is 9.29. The van der Waals surface area contributed by atoms with E-state index in [2.05, 4.69) is 130 Å². The SMILES string of the molecule is Cc1cc2c(cc1Br)C1OC1c1cc(Br)c(CN3c4ccccc4C(C)(C)c4ccccc43)cc1-2. The largest absolute Gasteiger partial charge is 0.359 e. The normalized spacial score (nSPS) is 20.3. The van der Waals surface area contributed by atoms with Crippen molar-refractivity contribution in [2.45, 2.75) is 44.9 Å². The van der Waals surface area contributed by atoms with Crippen LogP contribution in [0.4, 0.5) is 11.4 Å². The summed E-state index contributed by atoms with van der Waals surface area (Å²) < 4.78 is 8.42. The Morgan fingerprint density at radius 1 is 0.771 bits per heavy atom. The van der Waals surface area contributed by atoms with Crippen molar-refractivity contribution in [1.29, 1.82) is 0 Å². The van der Waals surface area contributed by atoms with Gasteiger partial charge in [-0.3, -0.25) is 0 Å². The molecule has 4 aromatic carbocycles. The van der Waals surface area contributed by atoms with Crippen molar-refractivity contribution in [3.8, 4) is 11.1 Å². The molecule has 0 spiro atoms. The number of epoxide rings is 1. The Labute approximate surface area is 223 Å². The van der Waals surface area contributed by atoms with E-state index in [1.54, 1.807) is 0 Å². The molecule has 2 nitrogen and oxygen atoms in total. The molecule has 4 heteroatoms. The fourth-order valence-electron chi connectivity index (χ4n) is 6.06. The molecule has 7 rings (SSSR count). The summed E-state index contributed by atoms with van der Waals surface area (Å²) in [6.45, 7) is 7.62. The Morgan fingerprint density at radius 2 is 1.31 bits per heavy atom. The fourth-order valence-corrected chi connectivity index (χ4v) is 6.91. The van der Waals surface area contributed by atoms with Crippen LogP contribution in [-0.2, 0) is 16.7 Å². The number of fused-ring (bicyclic) bond motifs is 8. The van der Waals surface area contributed by atoms with Gasteiger partial charge in [0, 0.05) is 32.3 Å². The van der Waals surface area contributed by atoms with Gasteiger partial charge in [0.05, 0.1) is 0 Å². The zero-order valence-corrected chi connectivity index (χ0v) is 23.1. The highest BCUT2D eigenvalue weighted by Crippen LogP contribution is 2.60. The molecule has 1 aliphatic carbocycles. The molecule has 0 saturated carbocycles. The standard InChI is InChI=1S/C31H25Br2NO/c1-17-12-19-20-13-18(26(33)15-22(20)30-29(35-30)21(19)14-25(17)32)16-34-27-10-6-4-8-23(27)31(2,3)24-9-5-7-11-28(24)34/h4-15,29-30H,16H2,1-3H3. The van der Waals surface area contributed by atoms with Crippen molar-refractivity contribution in [2.24, 2.45) is 0 Å². The molecule has 2 heterocycles. The molecule has 0 bridgehead atoms. The monoisotopic (exact) mass is 585 g/mol. The molecular formula is C31H25Br2NO. The number of aryl methyl sites for hydroxylation is 1. The van der Waals surface area contributed by atoms with E-state index in [1.165, 1.54) is 55.9 Å². The van der Waals surface area contributed by atoms with Crippen molar-refractivity contribution < 1.29 is 4.74 Å². The highest BCUT2D eigenvalue weighted by Gasteiger charge is 2.48. The van der Waals surface area contributed by atoms with E-state index in [4.69, 9.17) is 4.74 Å². The van der Waals surface area contributed by atoms with Crippen LogP contribution in [0.2, 0.25) is 0 Å². The van der Waals surface area contributed by atoms with Gasteiger partial charge in [-0.25, -0.2) is 0 Å². The zero-order chi connectivity index (χ0) is 24.1. The molecule has 2 atom stereocenters.